The fourth-order valence-electron chi connectivity index (χ4n) is 3.83. The second-order valence-corrected chi connectivity index (χ2v) is 5.93. The molecule has 5 nitrogen and oxygen atoms in total. The molecule has 2 fully saturated rings. The van der Waals surface area contributed by atoms with E-state index in [2.05, 4.69) is 17.2 Å². The molecule has 1 N–H and O–H groups in total. The van der Waals surface area contributed by atoms with Gasteiger partial charge < -0.3 is 5.32 Å². The summed E-state index contributed by atoms with van der Waals surface area (Å²) in [4.78, 5) is 14.3. The first-order valence-electron chi connectivity index (χ1n) is 7.00. The molecule has 0 spiro atoms. The zero-order valence-corrected chi connectivity index (χ0v) is 11.1. The van der Waals surface area contributed by atoms with E-state index in [9.17, 15) is 10.1 Å². The Bertz CT molecular complexity index is 474. The Morgan fingerprint density at radius 1 is 1.42 bits per heavy atom. The minimum absolute atomic E-state index is 0.0399. The first-order chi connectivity index (χ1) is 9.13. The Labute approximate surface area is 112 Å². The van der Waals surface area contributed by atoms with Gasteiger partial charge in [-0.15, -0.1) is 0 Å². The molecule has 5 heteroatoms. The Hall–Kier alpha value is -1.65. The number of hydrogen-bond acceptors (Lipinski definition) is 4. The molecule has 0 aliphatic heterocycles. The third kappa shape index (κ3) is 2.41. The van der Waals surface area contributed by atoms with Crippen LogP contribution in [-0.4, -0.2) is 15.9 Å². The molecule has 4 atom stereocenters. The van der Waals surface area contributed by atoms with Gasteiger partial charge in [0.2, 0.25) is 0 Å². The second-order valence-electron chi connectivity index (χ2n) is 5.93. The van der Waals surface area contributed by atoms with Gasteiger partial charge >= 0.3 is 0 Å². The van der Waals surface area contributed by atoms with E-state index >= 15 is 0 Å². The van der Waals surface area contributed by atoms with E-state index in [1.165, 1.54) is 37.9 Å². The molecule has 2 aliphatic rings. The van der Waals surface area contributed by atoms with E-state index in [1.54, 1.807) is 6.07 Å². The fourth-order valence-corrected chi connectivity index (χ4v) is 3.83. The standard InChI is InChI=1S/C14H19N3O2/c1-9(13-7-10-2-3-11(13)6-10)16-14-5-4-12(8-15-14)17(18)19/h4-5,8-11,13H,2-3,6-7H2,1H3,(H,15,16)/t9-,10+,11+,13+/m1/s1. The van der Waals surface area contributed by atoms with Crippen molar-refractivity contribution in [2.75, 3.05) is 5.32 Å². The molecular formula is C14H19N3O2. The highest BCUT2D eigenvalue weighted by Crippen LogP contribution is 2.49. The van der Waals surface area contributed by atoms with Crippen molar-refractivity contribution in [1.82, 2.24) is 4.98 Å². The van der Waals surface area contributed by atoms with Crippen LogP contribution in [0.25, 0.3) is 0 Å². The number of anilines is 1. The highest BCUT2D eigenvalue weighted by molar-refractivity contribution is 5.41. The van der Waals surface area contributed by atoms with Gasteiger partial charge in [-0.25, -0.2) is 4.98 Å². The van der Waals surface area contributed by atoms with Crippen molar-refractivity contribution in [2.24, 2.45) is 17.8 Å². The molecule has 1 aromatic heterocycles. The van der Waals surface area contributed by atoms with Crippen molar-refractivity contribution < 1.29 is 4.92 Å². The Kier molecular flexibility index (Phi) is 3.12. The maximum absolute atomic E-state index is 10.6. The van der Waals surface area contributed by atoms with E-state index < -0.39 is 4.92 Å². The lowest BCUT2D eigenvalue weighted by Crippen LogP contribution is -2.30. The van der Waals surface area contributed by atoms with Crippen molar-refractivity contribution in [3.63, 3.8) is 0 Å². The zero-order chi connectivity index (χ0) is 13.4. The van der Waals surface area contributed by atoms with Gasteiger partial charge in [0.15, 0.2) is 0 Å². The summed E-state index contributed by atoms with van der Waals surface area (Å²) in [5.74, 6) is 3.27. The van der Waals surface area contributed by atoms with Crippen molar-refractivity contribution >= 4 is 11.5 Å². The predicted octanol–water partition coefficient (Wildman–Crippen LogP) is 3.23. The summed E-state index contributed by atoms with van der Waals surface area (Å²) in [6.07, 6.45) is 6.81. The van der Waals surface area contributed by atoms with E-state index in [0.717, 1.165) is 23.6 Å². The largest absolute Gasteiger partial charge is 0.367 e. The molecule has 3 rings (SSSR count). The lowest BCUT2D eigenvalue weighted by Gasteiger charge is -2.28. The minimum atomic E-state index is -0.420. The summed E-state index contributed by atoms with van der Waals surface area (Å²) < 4.78 is 0. The van der Waals surface area contributed by atoms with Crippen LogP contribution in [0.3, 0.4) is 0 Å². The van der Waals surface area contributed by atoms with Crippen LogP contribution in [-0.2, 0) is 0 Å². The van der Waals surface area contributed by atoms with Gasteiger partial charge in [0.05, 0.1) is 4.92 Å². The highest BCUT2D eigenvalue weighted by Gasteiger charge is 2.41. The number of fused-ring (bicyclic) bond motifs is 2. The Morgan fingerprint density at radius 2 is 2.26 bits per heavy atom. The SMILES string of the molecule is C[C@@H](Nc1ccc([N+](=O)[O-])cn1)[C@@H]1C[C@H]2CC[C@H]1C2. The average molecular weight is 261 g/mol. The molecule has 1 heterocycles. The van der Waals surface area contributed by atoms with E-state index in [1.807, 2.05) is 0 Å². The lowest BCUT2D eigenvalue weighted by atomic mass is 9.84. The van der Waals surface area contributed by atoms with Crippen LogP contribution >= 0.6 is 0 Å². The molecule has 19 heavy (non-hydrogen) atoms. The molecule has 2 bridgehead atoms. The van der Waals surface area contributed by atoms with E-state index in [-0.39, 0.29) is 5.69 Å². The van der Waals surface area contributed by atoms with Crippen molar-refractivity contribution in [3.8, 4) is 0 Å². The molecule has 2 saturated carbocycles. The number of nitrogens with one attached hydrogen (secondary N) is 1. The summed E-state index contributed by atoms with van der Waals surface area (Å²) in [7, 11) is 0. The third-order valence-electron chi connectivity index (χ3n) is 4.77. The van der Waals surface area contributed by atoms with Crippen LogP contribution in [0.4, 0.5) is 11.5 Å². The molecular weight excluding hydrogens is 242 g/mol. The maximum Gasteiger partial charge on any atom is 0.287 e. The molecule has 2 aliphatic carbocycles. The number of nitro groups is 1. The van der Waals surface area contributed by atoms with Crippen LogP contribution in [0.5, 0.6) is 0 Å². The minimum Gasteiger partial charge on any atom is -0.367 e. The summed E-state index contributed by atoms with van der Waals surface area (Å²) in [6.45, 7) is 2.20. The molecule has 0 saturated heterocycles. The van der Waals surface area contributed by atoms with Gasteiger partial charge in [-0.1, -0.05) is 6.42 Å². The topological polar surface area (TPSA) is 68.1 Å². The number of hydrogen-bond donors (Lipinski definition) is 1. The van der Waals surface area contributed by atoms with Gasteiger partial charge in [0.25, 0.3) is 5.69 Å². The number of nitrogens with zero attached hydrogens (tertiary/aromatic N) is 2. The van der Waals surface area contributed by atoms with E-state index in [0.29, 0.717) is 6.04 Å². The monoisotopic (exact) mass is 261 g/mol. The Morgan fingerprint density at radius 3 is 2.79 bits per heavy atom. The van der Waals surface area contributed by atoms with Crippen molar-refractivity contribution in [1.29, 1.82) is 0 Å². The number of rotatable bonds is 4. The van der Waals surface area contributed by atoms with Crippen molar-refractivity contribution in [3.05, 3.63) is 28.4 Å². The van der Waals surface area contributed by atoms with Crippen LogP contribution in [0.2, 0.25) is 0 Å². The molecule has 1 aromatic rings. The Balaban J connectivity index is 1.63. The zero-order valence-electron chi connectivity index (χ0n) is 11.1. The number of pyridine rings is 1. The van der Waals surface area contributed by atoms with Gasteiger partial charge in [-0.05, 0) is 50.0 Å². The van der Waals surface area contributed by atoms with Gasteiger partial charge in [-0.3, -0.25) is 10.1 Å². The average Bonchev–Trinajstić information content (AvgIpc) is 3.01. The normalized spacial score (nSPS) is 30.3. The van der Waals surface area contributed by atoms with Crippen LogP contribution in [0.15, 0.2) is 18.3 Å². The molecule has 102 valence electrons. The summed E-state index contributed by atoms with van der Waals surface area (Å²) in [5, 5.41) is 14.0. The fraction of sp³-hybridized carbons (Fsp3) is 0.643. The second kappa shape index (κ2) is 4.79. The van der Waals surface area contributed by atoms with Gasteiger partial charge in [-0.2, -0.15) is 0 Å². The molecule has 0 amide bonds. The highest BCUT2D eigenvalue weighted by atomic mass is 16.6. The van der Waals surface area contributed by atoms with Gasteiger partial charge in [0.1, 0.15) is 12.0 Å². The van der Waals surface area contributed by atoms with E-state index in [4.69, 9.17) is 0 Å². The molecule has 0 aromatic carbocycles. The molecule has 0 radical (unpaired) electrons. The third-order valence-corrected chi connectivity index (χ3v) is 4.77. The smallest absolute Gasteiger partial charge is 0.287 e. The first-order valence-corrected chi connectivity index (χ1v) is 7.00. The maximum atomic E-state index is 10.6. The quantitative estimate of drug-likeness (QED) is 0.667. The van der Waals surface area contributed by atoms with Crippen LogP contribution < -0.4 is 5.32 Å². The van der Waals surface area contributed by atoms with Crippen LogP contribution in [0.1, 0.15) is 32.6 Å². The van der Waals surface area contributed by atoms with Gasteiger partial charge in [0, 0.05) is 12.1 Å². The van der Waals surface area contributed by atoms with Crippen molar-refractivity contribution in [2.45, 2.75) is 38.6 Å². The van der Waals surface area contributed by atoms with Crippen LogP contribution in [0, 0.1) is 27.9 Å². The summed E-state index contributed by atoms with van der Waals surface area (Å²) in [5.41, 5.74) is 0.0399. The summed E-state index contributed by atoms with van der Waals surface area (Å²) in [6, 6.07) is 3.59. The first kappa shape index (κ1) is 12.4. The number of aromatic nitrogens is 1. The predicted molar refractivity (Wildman–Crippen MR) is 72.9 cm³/mol. The summed E-state index contributed by atoms with van der Waals surface area (Å²) >= 11 is 0. The molecule has 0 unspecified atom stereocenters. The lowest BCUT2D eigenvalue weighted by molar-refractivity contribution is -0.385.